The standard InChI is InChI=1S/C15H18N4S/c1-18(2)8-9-19(12-14-6-4-10-20-14)15-7-3-5-13(11-16)17-15/h3-7,10H,8-9,12H2,1-2H3. The number of thiophene rings is 1. The lowest BCUT2D eigenvalue weighted by Gasteiger charge is -2.25. The van der Waals surface area contributed by atoms with E-state index in [0.717, 1.165) is 25.5 Å². The Bertz CT molecular complexity index is 572. The highest BCUT2D eigenvalue weighted by atomic mass is 32.1. The van der Waals surface area contributed by atoms with Crippen molar-refractivity contribution in [1.82, 2.24) is 9.88 Å². The van der Waals surface area contributed by atoms with Gasteiger partial charge in [0.05, 0.1) is 6.54 Å². The fourth-order valence-corrected chi connectivity index (χ4v) is 2.57. The van der Waals surface area contributed by atoms with Crippen LogP contribution in [0.2, 0.25) is 0 Å². The first-order valence-electron chi connectivity index (χ1n) is 6.48. The third-order valence-corrected chi connectivity index (χ3v) is 3.78. The maximum absolute atomic E-state index is 8.98. The first-order valence-corrected chi connectivity index (χ1v) is 7.36. The summed E-state index contributed by atoms with van der Waals surface area (Å²) in [5, 5.41) is 11.1. The Kier molecular flexibility index (Phi) is 5.10. The first-order chi connectivity index (χ1) is 9.69. The summed E-state index contributed by atoms with van der Waals surface area (Å²) in [6.45, 7) is 2.66. The molecule has 0 N–H and O–H groups in total. The lowest BCUT2D eigenvalue weighted by molar-refractivity contribution is 0.412. The van der Waals surface area contributed by atoms with Crippen LogP contribution >= 0.6 is 11.3 Å². The van der Waals surface area contributed by atoms with E-state index in [9.17, 15) is 0 Å². The van der Waals surface area contributed by atoms with E-state index >= 15 is 0 Å². The van der Waals surface area contributed by atoms with Crippen molar-refractivity contribution >= 4 is 17.2 Å². The Morgan fingerprint density at radius 1 is 1.20 bits per heavy atom. The van der Waals surface area contributed by atoms with Crippen LogP contribution in [0, 0.1) is 11.3 Å². The number of anilines is 1. The summed E-state index contributed by atoms with van der Waals surface area (Å²) >= 11 is 1.74. The monoisotopic (exact) mass is 286 g/mol. The number of nitrogens with zero attached hydrogens (tertiary/aromatic N) is 4. The number of rotatable bonds is 6. The molecule has 0 radical (unpaired) electrons. The van der Waals surface area contributed by atoms with E-state index in [4.69, 9.17) is 5.26 Å². The number of nitriles is 1. The quantitative estimate of drug-likeness (QED) is 0.818. The van der Waals surface area contributed by atoms with Gasteiger partial charge in [0.2, 0.25) is 0 Å². The molecule has 2 aromatic heterocycles. The third kappa shape index (κ3) is 4.05. The van der Waals surface area contributed by atoms with Crippen LogP contribution in [0.25, 0.3) is 0 Å². The molecule has 0 aliphatic rings. The molecule has 0 aromatic carbocycles. The van der Waals surface area contributed by atoms with Gasteiger partial charge in [0.15, 0.2) is 0 Å². The highest BCUT2D eigenvalue weighted by Crippen LogP contribution is 2.18. The van der Waals surface area contributed by atoms with Crippen molar-refractivity contribution in [3.63, 3.8) is 0 Å². The molecule has 0 bridgehead atoms. The van der Waals surface area contributed by atoms with Gasteiger partial charge in [-0.2, -0.15) is 5.26 Å². The van der Waals surface area contributed by atoms with E-state index in [0.29, 0.717) is 5.69 Å². The molecule has 20 heavy (non-hydrogen) atoms. The Morgan fingerprint density at radius 3 is 2.70 bits per heavy atom. The Hall–Kier alpha value is -1.90. The number of likely N-dealkylation sites (N-methyl/N-ethyl adjacent to an activating group) is 1. The molecule has 2 heterocycles. The van der Waals surface area contributed by atoms with E-state index in [-0.39, 0.29) is 0 Å². The van der Waals surface area contributed by atoms with Crippen molar-refractivity contribution in [2.45, 2.75) is 6.54 Å². The third-order valence-electron chi connectivity index (χ3n) is 2.92. The van der Waals surface area contributed by atoms with E-state index in [1.54, 1.807) is 17.4 Å². The van der Waals surface area contributed by atoms with Gasteiger partial charge in [-0.1, -0.05) is 12.1 Å². The van der Waals surface area contributed by atoms with Crippen molar-refractivity contribution in [3.8, 4) is 6.07 Å². The van der Waals surface area contributed by atoms with Crippen molar-refractivity contribution < 1.29 is 0 Å². The zero-order valence-electron chi connectivity index (χ0n) is 11.8. The molecule has 0 fully saturated rings. The maximum atomic E-state index is 8.98. The van der Waals surface area contributed by atoms with Crippen LogP contribution in [0.3, 0.4) is 0 Å². The maximum Gasteiger partial charge on any atom is 0.142 e. The summed E-state index contributed by atoms with van der Waals surface area (Å²) in [6, 6.07) is 11.9. The molecule has 2 rings (SSSR count). The minimum atomic E-state index is 0.462. The number of hydrogen-bond donors (Lipinski definition) is 0. The SMILES string of the molecule is CN(C)CCN(Cc1cccs1)c1cccc(C#N)n1. The molecule has 104 valence electrons. The van der Waals surface area contributed by atoms with Crippen molar-refractivity contribution in [2.75, 3.05) is 32.1 Å². The minimum absolute atomic E-state index is 0.462. The highest BCUT2D eigenvalue weighted by molar-refractivity contribution is 7.09. The van der Waals surface area contributed by atoms with Crippen LogP contribution in [0.4, 0.5) is 5.82 Å². The van der Waals surface area contributed by atoms with Gasteiger partial charge in [0.25, 0.3) is 0 Å². The predicted octanol–water partition coefficient (Wildman–Crippen LogP) is 2.58. The van der Waals surface area contributed by atoms with E-state index < -0.39 is 0 Å². The van der Waals surface area contributed by atoms with Gasteiger partial charge in [0.1, 0.15) is 17.6 Å². The lowest BCUT2D eigenvalue weighted by atomic mass is 10.3. The second kappa shape index (κ2) is 7.04. The second-order valence-electron chi connectivity index (χ2n) is 4.80. The topological polar surface area (TPSA) is 43.2 Å². The Balaban J connectivity index is 2.18. The Morgan fingerprint density at radius 2 is 2.05 bits per heavy atom. The molecule has 2 aromatic rings. The zero-order valence-corrected chi connectivity index (χ0v) is 12.6. The fourth-order valence-electron chi connectivity index (χ4n) is 1.85. The van der Waals surface area contributed by atoms with Gasteiger partial charge in [-0.15, -0.1) is 11.3 Å². The molecule has 0 amide bonds. The predicted molar refractivity (Wildman–Crippen MR) is 82.9 cm³/mol. The van der Waals surface area contributed by atoms with E-state index in [1.807, 2.05) is 12.1 Å². The first kappa shape index (κ1) is 14.5. The van der Waals surface area contributed by atoms with Crippen LogP contribution in [0.15, 0.2) is 35.7 Å². The Labute approximate surface area is 123 Å². The molecule has 0 aliphatic heterocycles. The van der Waals surface area contributed by atoms with Crippen molar-refractivity contribution in [1.29, 1.82) is 5.26 Å². The summed E-state index contributed by atoms with van der Waals surface area (Å²) < 4.78 is 0. The van der Waals surface area contributed by atoms with E-state index in [2.05, 4.69) is 52.5 Å². The van der Waals surface area contributed by atoms with Crippen LogP contribution in [0.5, 0.6) is 0 Å². The van der Waals surface area contributed by atoms with Gasteiger partial charge in [-0.05, 0) is 37.7 Å². The van der Waals surface area contributed by atoms with Crippen molar-refractivity contribution in [2.24, 2.45) is 0 Å². The zero-order chi connectivity index (χ0) is 14.4. The summed E-state index contributed by atoms with van der Waals surface area (Å²) in [7, 11) is 4.12. The van der Waals surface area contributed by atoms with Crippen LogP contribution in [-0.4, -0.2) is 37.1 Å². The summed E-state index contributed by atoms with van der Waals surface area (Å²) in [4.78, 5) is 10.1. The smallest absolute Gasteiger partial charge is 0.142 e. The van der Waals surface area contributed by atoms with Gasteiger partial charge >= 0.3 is 0 Å². The number of hydrogen-bond acceptors (Lipinski definition) is 5. The van der Waals surface area contributed by atoms with Gasteiger partial charge in [-0.3, -0.25) is 0 Å². The summed E-state index contributed by atoms with van der Waals surface area (Å²) in [5.74, 6) is 0.860. The van der Waals surface area contributed by atoms with Gasteiger partial charge in [-0.25, -0.2) is 4.98 Å². The lowest BCUT2D eigenvalue weighted by Crippen LogP contribution is -2.31. The summed E-state index contributed by atoms with van der Waals surface area (Å²) in [5.41, 5.74) is 0.462. The largest absolute Gasteiger partial charge is 0.350 e. The van der Waals surface area contributed by atoms with E-state index in [1.165, 1.54) is 4.88 Å². The fraction of sp³-hybridized carbons (Fsp3) is 0.333. The molecular weight excluding hydrogens is 268 g/mol. The van der Waals surface area contributed by atoms with Crippen molar-refractivity contribution in [3.05, 3.63) is 46.3 Å². The second-order valence-corrected chi connectivity index (χ2v) is 5.83. The molecule has 0 atom stereocenters. The van der Waals surface area contributed by atoms with Gasteiger partial charge < -0.3 is 9.80 Å². The van der Waals surface area contributed by atoms with Crippen LogP contribution in [-0.2, 0) is 6.54 Å². The highest BCUT2D eigenvalue weighted by Gasteiger charge is 2.10. The van der Waals surface area contributed by atoms with Gasteiger partial charge in [0, 0.05) is 18.0 Å². The molecule has 0 saturated heterocycles. The average molecular weight is 286 g/mol. The minimum Gasteiger partial charge on any atom is -0.350 e. The van der Waals surface area contributed by atoms with Crippen LogP contribution in [0.1, 0.15) is 10.6 Å². The molecule has 0 saturated carbocycles. The molecule has 0 aliphatic carbocycles. The van der Waals surface area contributed by atoms with Crippen LogP contribution < -0.4 is 4.90 Å². The normalized spacial score (nSPS) is 10.5. The number of pyridine rings is 1. The number of aromatic nitrogens is 1. The molecule has 5 heteroatoms. The summed E-state index contributed by atoms with van der Waals surface area (Å²) in [6.07, 6.45) is 0. The molecular formula is C15H18N4S. The molecule has 0 spiro atoms. The average Bonchev–Trinajstić information content (AvgIpc) is 2.96. The molecule has 0 unspecified atom stereocenters. The molecule has 4 nitrogen and oxygen atoms in total.